The summed E-state index contributed by atoms with van der Waals surface area (Å²) in [5, 5.41) is 22.8. The summed E-state index contributed by atoms with van der Waals surface area (Å²) in [5.74, 6) is 0.486. The van der Waals surface area contributed by atoms with Gasteiger partial charge in [-0.25, -0.2) is 8.42 Å². The lowest BCUT2D eigenvalue weighted by atomic mass is 9.88. The summed E-state index contributed by atoms with van der Waals surface area (Å²) in [7, 11) is -3.72. The lowest BCUT2D eigenvalue weighted by molar-refractivity contribution is 0.0731. The van der Waals surface area contributed by atoms with Crippen LogP contribution in [-0.4, -0.2) is 48.0 Å². The van der Waals surface area contributed by atoms with Crippen molar-refractivity contribution in [2.24, 2.45) is 17.8 Å². The number of sulfonamides is 1. The molecule has 1 aromatic carbocycles. The summed E-state index contributed by atoms with van der Waals surface area (Å²) in [5.41, 5.74) is -0.473. The van der Waals surface area contributed by atoms with Gasteiger partial charge in [-0.15, -0.1) is 0 Å². The summed E-state index contributed by atoms with van der Waals surface area (Å²) in [6.07, 6.45) is 4.36. The fraction of sp³-hybridized carbons (Fsp3) is 0.619. The van der Waals surface area contributed by atoms with Gasteiger partial charge in [0.15, 0.2) is 0 Å². The number of nitriles is 1. The van der Waals surface area contributed by atoms with E-state index in [1.165, 1.54) is 28.6 Å². The third-order valence-corrected chi connectivity index (χ3v) is 9.43. The maximum Gasteiger partial charge on any atom is 0.252 e. The Balaban J connectivity index is 1.35. The molecule has 1 saturated heterocycles. The van der Waals surface area contributed by atoms with E-state index in [0.717, 1.165) is 25.7 Å². The molecule has 5 rings (SSSR count). The number of aliphatic hydroxyl groups excluding tert-OH is 1. The average Bonchev–Trinajstić information content (AvgIpc) is 3.45. The summed E-state index contributed by atoms with van der Waals surface area (Å²) in [6.45, 7) is 0.470. The maximum atomic E-state index is 13.2. The molecule has 0 aromatic heterocycles. The van der Waals surface area contributed by atoms with Crippen LogP contribution in [0.4, 0.5) is 0 Å². The van der Waals surface area contributed by atoms with E-state index in [0.29, 0.717) is 30.9 Å². The van der Waals surface area contributed by atoms with Crippen LogP contribution in [-0.2, 0) is 10.0 Å². The number of carbonyl (C=O) groups is 1. The molecule has 7 nitrogen and oxygen atoms in total. The summed E-state index contributed by atoms with van der Waals surface area (Å²) >= 11 is 0. The number of carbonyl (C=O) groups excluding carboxylic acids is 1. The van der Waals surface area contributed by atoms with Crippen molar-refractivity contribution >= 4 is 15.9 Å². The minimum Gasteiger partial charge on any atom is -0.391 e. The van der Waals surface area contributed by atoms with Gasteiger partial charge in [-0.3, -0.25) is 4.79 Å². The largest absolute Gasteiger partial charge is 0.391 e. The fourth-order valence-corrected chi connectivity index (χ4v) is 7.82. The smallest absolute Gasteiger partial charge is 0.252 e. The van der Waals surface area contributed by atoms with Gasteiger partial charge in [-0.05, 0) is 80.5 Å². The monoisotopic (exact) mass is 415 g/mol. The molecule has 1 heterocycles. The van der Waals surface area contributed by atoms with E-state index < -0.39 is 21.7 Å². The summed E-state index contributed by atoms with van der Waals surface area (Å²) < 4.78 is 27.9. The zero-order chi connectivity index (χ0) is 20.4. The van der Waals surface area contributed by atoms with Gasteiger partial charge in [0.1, 0.15) is 5.54 Å². The number of fused-ring (bicyclic) bond motifs is 1. The Hall–Kier alpha value is -1.95. The highest BCUT2D eigenvalue weighted by atomic mass is 32.2. The van der Waals surface area contributed by atoms with E-state index in [2.05, 4.69) is 11.4 Å². The first-order valence-electron chi connectivity index (χ1n) is 10.4. The molecule has 5 atom stereocenters. The van der Waals surface area contributed by atoms with Crippen LogP contribution in [0.2, 0.25) is 0 Å². The van der Waals surface area contributed by atoms with Gasteiger partial charge < -0.3 is 10.4 Å². The normalized spacial score (nSPS) is 35.0. The molecule has 5 unspecified atom stereocenters. The molecule has 1 aliphatic heterocycles. The zero-order valence-electron chi connectivity index (χ0n) is 16.1. The first-order chi connectivity index (χ1) is 13.8. The standard InChI is InChI=1S/C21H25N3O4S/c22-12-21(7-1-2-8-21)23-20(26)13-3-5-16(6-4-13)29(27,28)24-11-15-9-14-10-17(15)18(24)19(14)25/h3-6,14-15,17-19,25H,1-2,7-11H2,(H,23,26). The number of amides is 1. The predicted octanol–water partition coefficient (Wildman–Crippen LogP) is 1.64. The molecule has 3 aliphatic carbocycles. The van der Waals surface area contributed by atoms with E-state index in [1.807, 2.05) is 0 Å². The quantitative estimate of drug-likeness (QED) is 0.777. The molecule has 0 spiro atoms. The van der Waals surface area contributed by atoms with Crippen LogP contribution in [0.3, 0.4) is 0 Å². The summed E-state index contributed by atoms with van der Waals surface area (Å²) in [6, 6.07) is 7.82. The first-order valence-corrected chi connectivity index (χ1v) is 11.8. The molecule has 29 heavy (non-hydrogen) atoms. The number of benzene rings is 1. The molecule has 3 saturated carbocycles. The molecule has 1 aromatic rings. The summed E-state index contributed by atoms with van der Waals surface area (Å²) in [4.78, 5) is 12.7. The highest BCUT2D eigenvalue weighted by molar-refractivity contribution is 7.89. The van der Waals surface area contributed by atoms with Gasteiger partial charge in [0.25, 0.3) is 5.91 Å². The number of nitrogens with zero attached hydrogens (tertiary/aromatic N) is 2. The molecular weight excluding hydrogens is 390 g/mol. The molecule has 1 amide bonds. The first kappa shape index (κ1) is 19.0. The number of nitrogens with one attached hydrogen (secondary N) is 1. The van der Waals surface area contributed by atoms with Gasteiger partial charge in [0.2, 0.25) is 10.0 Å². The Morgan fingerprint density at radius 2 is 1.86 bits per heavy atom. The van der Waals surface area contributed by atoms with Crippen LogP contribution in [0.1, 0.15) is 48.9 Å². The van der Waals surface area contributed by atoms with Crippen molar-refractivity contribution < 1.29 is 18.3 Å². The third-order valence-electron chi connectivity index (χ3n) is 7.55. The second-order valence-corrected chi connectivity index (χ2v) is 11.0. The second kappa shape index (κ2) is 6.53. The van der Waals surface area contributed by atoms with Crippen LogP contribution in [0, 0.1) is 29.1 Å². The number of rotatable bonds is 4. The third kappa shape index (κ3) is 2.82. The van der Waals surface area contributed by atoms with Crippen LogP contribution in [0.25, 0.3) is 0 Å². The number of hydrogen-bond donors (Lipinski definition) is 2. The van der Waals surface area contributed by atoms with Gasteiger partial charge in [0, 0.05) is 12.1 Å². The predicted molar refractivity (Wildman–Crippen MR) is 104 cm³/mol. The van der Waals surface area contributed by atoms with Gasteiger partial charge in [-0.2, -0.15) is 9.57 Å². The number of aliphatic hydroxyl groups is 1. The van der Waals surface area contributed by atoms with Crippen molar-refractivity contribution in [3.8, 4) is 6.07 Å². The molecular formula is C21H25N3O4S. The fourth-order valence-electron chi connectivity index (χ4n) is 6.08. The van der Waals surface area contributed by atoms with Crippen molar-refractivity contribution in [2.45, 2.75) is 61.1 Å². The Kier molecular flexibility index (Phi) is 4.28. The average molecular weight is 416 g/mol. The van der Waals surface area contributed by atoms with Gasteiger partial charge in [-0.1, -0.05) is 0 Å². The molecule has 8 heteroatoms. The van der Waals surface area contributed by atoms with Crippen molar-refractivity contribution in [1.29, 1.82) is 5.26 Å². The maximum absolute atomic E-state index is 13.2. The Bertz CT molecular complexity index is 976. The zero-order valence-corrected chi connectivity index (χ0v) is 16.9. The van der Waals surface area contributed by atoms with E-state index in [9.17, 15) is 23.6 Å². The second-order valence-electron chi connectivity index (χ2n) is 9.09. The highest BCUT2D eigenvalue weighted by Gasteiger charge is 2.61. The minimum absolute atomic E-state index is 0.141. The van der Waals surface area contributed by atoms with E-state index >= 15 is 0 Å². The van der Waals surface area contributed by atoms with Gasteiger partial charge >= 0.3 is 0 Å². The Morgan fingerprint density at radius 3 is 2.48 bits per heavy atom. The number of hydrogen-bond acceptors (Lipinski definition) is 5. The highest BCUT2D eigenvalue weighted by Crippen LogP contribution is 2.56. The Labute approximate surface area is 170 Å². The van der Waals surface area contributed by atoms with Crippen molar-refractivity contribution in [3.63, 3.8) is 0 Å². The van der Waals surface area contributed by atoms with E-state index in [-0.39, 0.29) is 28.7 Å². The molecule has 2 N–H and O–H groups in total. The van der Waals surface area contributed by atoms with Crippen LogP contribution in [0.15, 0.2) is 29.2 Å². The lowest BCUT2D eigenvalue weighted by Crippen LogP contribution is -2.45. The molecule has 4 aliphatic rings. The van der Waals surface area contributed by atoms with Crippen molar-refractivity contribution in [2.75, 3.05) is 6.54 Å². The topological polar surface area (TPSA) is 110 Å². The van der Waals surface area contributed by atoms with Crippen molar-refractivity contribution in [1.82, 2.24) is 9.62 Å². The lowest BCUT2D eigenvalue weighted by Gasteiger charge is -2.28. The molecule has 4 fully saturated rings. The molecule has 2 bridgehead atoms. The van der Waals surface area contributed by atoms with Crippen LogP contribution >= 0.6 is 0 Å². The van der Waals surface area contributed by atoms with E-state index in [4.69, 9.17) is 0 Å². The van der Waals surface area contributed by atoms with Crippen molar-refractivity contribution in [3.05, 3.63) is 29.8 Å². The van der Waals surface area contributed by atoms with Crippen LogP contribution in [0.5, 0.6) is 0 Å². The SMILES string of the molecule is N#CC1(NC(=O)c2ccc(S(=O)(=O)N3CC4CC5CC4C3C5O)cc2)CCCC1. The molecule has 154 valence electrons. The van der Waals surface area contributed by atoms with Gasteiger partial charge in [0.05, 0.1) is 23.1 Å². The molecule has 0 radical (unpaired) electrons. The van der Waals surface area contributed by atoms with Crippen LogP contribution < -0.4 is 5.32 Å². The Morgan fingerprint density at radius 1 is 1.17 bits per heavy atom. The van der Waals surface area contributed by atoms with E-state index in [1.54, 1.807) is 0 Å². The minimum atomic E-state index is -3.72.